The number of benzene rings is 1. The van der Waals surface area contributed by atoms with E-state index in [1.165, 1.54) is 25.3 Å². The second-order valence-corrected chi connectivity index (χ2v) is 4.59. The van der Waals surface area contributed by atoms with Crippen molar-refractivity contribution in [3.63, 3.8) is 0 Å². The van der Waals surface area contributed by atoms with Gasteiger partial charge in [-0.3, -0.25) is 0 Å². The molecule has 2 N–H and O–H groups in total. The van der Waals surface area contributed by atoms with Crippen molar-refractivity contribution in [1.29, 1.82) is 0 Å². The summed E-state index contributed by atoms with van der Waals surface area (Å²) in [7, 11) is 0. The lowest BCUT2D eigenvalue weighted by Gasteiger charge is -2.25. The lowest BCUT2D eigenvalue weighted by atomic mass is 9.86. The van der Waals surface area contributed by atoms with E-state index in [0.29, 0.717) is 18.3 Å². The molecule has 0 heterocycles. The molecule has 1 unspecified atom stereocenters. The van der Waals surface area contributed by atoms with Gasteiger partial charge in [0.2, 0.25) is 0 Å². The summed E-state index contributed by atoms with van der Waals surface area (Å²) in [5.74, 6) is 0.651. The second kappa shape index (κ2) is 4.83. The number of hydrogen-bond donors (Lipinski definition) is 1. The van der Waals surface area contributed by atoms with Crippen molar-refractivity contribution in [1.82, 2.24) is 0 Å². The molecule has 1 saturated carbocycles. The zero-order chi connectivity index (χ0) is 11.5. The van der Waals surface area contributed by atoms with Gasteiger partial charge in [0.25, 0.3) is 0 Å². The molecule has 1 aliphatic rings. The Labute approximate surface area is 95.6 Å². The molecule has 1 aromatic carbocycles. The van der Waals surface area contributed by atoms with Crippen LogP contribution in [0.1, 0.15) is 37.8 Å². The van der Waals surface area contributed by atoms with Gasteiger partial charge in [0.15, 0.2) is 11.6 Å². The maximum absolute atomic E-state index is 13.6. The molecule has 2 nitrogen and oxygen atoms in total. The molecule has 2 rings (SSSR count). The molecule has 0 amide bonds. The average Bonchev–Trinajstić information content (AvgIpc) is 2.17. The van der Waals surface area contributed by atoms with Gasteiger partial charge in [0, 0.05) is 6.04 Å². The third-order valence-electron chi connectivity index (χ3n) is 3.18. The monoisotopic (exact) mass is 223 g/mol. The van der Waals surface area contributed by atoms with Gasteiger partial charge in [0.05, 0.1) is 6.61 Å². The molecule has 3 heteroatoms. The normalized spacial score (nSPS) is 17.9. The van der Waals surface area contributed by atoms with E-state index in [1.54, 1.807) is 6.07 Å². The van der Waals surface area contributed by atoms with Crippen LogP contribution in [0, 0.1) is 11.7 Å². The van der Waals surface area contributed by atoms with Gasteiger partial charge >= 0.3 is 0 Å². The van der Waals surface area contributed by atoms with Crippen LogP contribution < -0.4 is 10.5 Å². The van der Waals surface area contributed by atoms with Crippen molar-refractivity contribution < 1.29 is 9.13 Å². The second-order valence-electron chi connectivity index (χ2n) is 4.59. The van der Waals surface area contributed by atoms with E-state index >= 15 is 0 Å². The molecule has 0 radical (unpaired) electrons. The minimum atomic E-state index is -0.311. The summed E-state index contributed by atoms with van der Waals surface area (Å²) in [5, 5.41) is 0. The first-order chi connectivity index (χ1) is 7.66. The Morgan fingerprint density at radius 3 is 2.75 bits per heavy atom. The summed E-state index contributed by atoms with van der Waals surface area (Å²) in [5.41, 5.74) is 6.48. The van der Waals surface area contributed by atoms with E-state index in [-0.39, 0.29) is 11.9 Å². The van der Waals surface area contributed by atoms with Crippen molar-refractivity contribution >= 4 is 0 Å². The van der Waals surface area contributed by atoms with Crippen molar-refractivity contribution in [2.45, 2.75) is 32.2 Å². The summed E-state index contributed by atoms with van der Waals surface area (Å²) in [6.07, 6.45) is 3.69. The van der Waals surface area contributed by atoms with Crippen molar-refractivity contribution in [3.8, 4) is 5.75 Å². The highest BCUT2D eigenvalue weighted by Gasteiger charge is 2.18. The fraction of sp³-hybridized carbons (Fsp3) is 0.538. The van der Waals surface area contributed by atoms with Crippen LogP contribution in [0.3, 0.4) is 0 Å². The Morgan fingerprint density at radius 1 is 1.50 bits per heavy atom. The molecule has 1 aromatic rings. The summed E-state index contributed by atoms with van der Waals surface area (Å²) in [4.78, 5) is 0. The number of rotatable bonds is 4. The van der Waals surface area contributed by atoms with Crippen LogP contribution in [0.15, 0.2) is 18.2 Å². The highest BCUT2D eigenvalue weighted by Crippen LogP contribution is 2.28. The van der Waals surface area contributed by atoms with Gasteiger partial charge in [-0.1, -0.05) is 12.5 Å². The topological polar surface area (TPSA) is 35.2 Å². The van der Waals surface area contributed by atoms with E-state index in [4.69, 9.17) is 10.5 Å². The third-order valence-corrected chi connectivity index (χ3v) is 3.18. The van der Waals surface area contributed by atoms with Crippen LogP contribution in [0.2, 0.25) is 0 Å². The SMILES string of the molecule is CC(N)c1ccc(OCC2CCC2)c(F)c1. The van der Waals surface area contributed by atoms with E-state index in [0.717, 1.165) is 5.56 Å². The lowest BCUT2D eigenvalue weighted by molar-refractivity contribution is 0.175. The summed E-state index contributed by atoms with van der Waals surface area (Å²) in [6, 6.07) is 4.81. The van der Waals surface area contributed by atoms with Gasteiger partial charge in [0.1, 0.15) is 0 Å². The Kier molecular flexibility index (Phi) is 3.44. The first-order valence-corrected chi connectivity index (χ1v) is 5.84. The van der Waals surface area contributed by atoms with Crippen molar-refractivity contribution in [3.05, 3.63) is 29.6 Å². The molecule has 0 bridgehead atoms. The van der Waals surface area contributed by atoms with Gasteiger partial charge in [-0.2, -0.15) is 0 Å². The third kappa shape index (κ3) is 2.53. The first kappa shape index (κ1) is 11.4. The molecule has 0 saturated heterocycles. The zero-order valence-electron chi connectivity index (χ0n) is 9.58. The highest BCUT2D eigenvalue weighted by atomic mass is 19.1. The zero-order valence-corrected chi connectivity index (χ0v) is 9.58. The smallest absolute Gasteiger partial charge is 0.165 e. The molecule has 16 heavy (non-hydrogen) atoms. The van der Waals surface area contributed by atoms with Gasteiger partial charge in [-0.05, 0) is 43.4 Å². The summed E-state index contributed by atoms with van der Waals surface area (Å²) in [6.45, 7) is 2.47. The Balaban J connectivity index is 1.98. The minimum absolute atomic E-state index is 0.143. The molecular formula is C13H18FNO. The van der Waals surface area contributed by atoms with Gasteiger partial charge < -0.3 is 10.5 Å². The van der Waals surface area contributed by atoms with Crippen molar-refractivity contribution in [2.24, 2.45) is 11.7 Å². The summed E-state index contributed by atoms with van der Waals surface area (Å²) >= 11 is 0. The van der Waals surface area contributed by atoms with Gasteiger partial charge in [-0.25, -0.2) is 4.39 Å². The lowest BCUT2D eigenvalue weighted by Crippen LogP contribution is -2.19. The number of nitrogens with two attached hydrogens (primary N) is 1. The largest absolute Gasteiger partial charge is 0.490 e. The highest BCUT2D eigenvalue weighted by molar-refractivity contribution is 5.30. The summed E-state index contributed by atoms with van der Waals surface area (Å²) < 4.78 is 19.1. The molecule has 1 aliphatic carbocycles. The minimum Gasteiger partial charge on any atom is -0.490 e. The van der Waals surface area contributed by atoms with E-state index in [1.807, 2.05) is 13.0 Å². The number of hydrogen-bond acceptors (Lipinski definition) is 2. The standard InChI is InChI=1S/C13H18FNO/c1-9(15)11-5-6-13(12(14)7-11)16-8-10-3-2-4-10/h5-7,9-10H,2-4,8,15H2,1H3. The Hall–Kier alpha value is -1.09. The number of ether oxygens (including phenoxy) is 1. The predicted octanol–water partition coefficient (Wildman–Crippen LogP) is 3.02. The molecule has 0 aromatic heterocycles. The molecule has 0 aliphatic heterocycles. The van der Waals surface area contributed by atoms with E-state index in [2.05, 4.69) is 0 Å². The fourth-order valence-electron chi connectivity index (χ4n) is 1.78. The molecule has 1 atom stereocenters. The maximum Gasteiger partial charge on any atom is 0.165 e. The van der Waals surface area contributed by atoms with E-state index in [9.17, 15) is 4.39 Å². The Bertz CT molecular complexity index is 361. The van der Waals surface area contributed by atoms with Crippen LogP contribution in [0.4, 0.5) is 4.39 Å². The Morgan fingerprint density at radius 2 is 2.25 bits per heavy atom. The van der Waals surface area contributed by atoms with Crippen LogP contribution in [0.25, 0.3) is 0 Å². The predicted molar refractivity (Wildman–Crippen MR) is 61.8 cm³/mol. The first-order valence-electron chi connectivity index (χ1n) is 5.84. The van der Waals surface area contributed by atoms with Crippen LogP contribution in [-0.4, -0.2) is 6.61 Å². The quantitative estimate of drug-likeness (QED) is 0.851. The van der Waals surface area contributed by atoms with Crippen LogP contribution >= 0.6 is 0 Å². The molecule has 0 spiro atoms. The molecule has 88 valence electrons. The number of halogens is 1. The van der Waals surface area contributed by atoms with Crippen LogP contribution in [-0.2, 0) is 0 Å². The average molecular weight is 223 g/mol. The molecular weight excluding hydrogens is 205 g/mol. The van der Waals surface area contributed by atoms with E-state index < -0.39 is 0 Å². The van der Waals surface area contributed by atoms with Crippen LogP contribution in [0.5, 0.6) is 5.75 Å². The van der Waals surface area contributed by atoms with Gasteiger partial charge in [-0.15, -0.1) is 0 Å². The van der Waals surface area contributed by atoms with Crippen molar-refractivity contribution in [2.75, 3.05) is 6.61 Å². The fourth-order valence-corrected chi connectivity index (χ4v) is 1.78. The molecule has 1 fully saturated rings. The maximum atomic E-state index is 13.6.